The quantitative estimate of drug-likeness (QED) is 0.129. The first-order valence-electron chi connectivity index (χ1n) is 21.3. The molecule has 0 saturated carbocycles. The number of hydrogen-bond acceptors (Lipinski definition) is 2. The minimum Gasteiger partial charge on any atom is -0.439 e. The second-order valence-corrected chi connectivity index (χ2v) is 18.1. The van der Waals surface area contributed by atoms with Crippen molar-refractivity contribution in [1.29, 1.82) is 0 Å². The van der Waals surface area contributed by atoms with Gasteiger partial charge in [-0.1, -0.05) is 146 Å². The summed E-state index contributed by atoms with van der Waals surface area (Å²) in [7, 11) is 0. The van der Waals surface area contributed by atoms with Crippen LogP contribution >= 0.6 is 11.3 Å². The minimum absolute atomic E-state index is 0.413. The molecule has 0 saturated heterocycles. The molecule has 0 unspecified atom stereocenters. The van der Waals surface area contributed by atoms with Gasteiger partial charge in [-0.25, -0.2) is 4.98 Å². The molecule has 0 amide bonds. The summed E-state index contributed by atoms with van der Waals surface area (Å²) in [5, 5.41) is 9.81. The van der Waals surface area contributed by atoms with Crippen molar-refractivity contribution in [3.63, 3.8) is 0 Å². The Bertz CT molecular complexity index is 4060. The lowest BCUT2D eigenvalue weighted by Crippen LogP contribution is -2.25. The number of aromatic nitrogens is 2. The highest BCUT2D eigenvalue weighted by molar-refractivity contribution is 7.26. The predicted molar refractivity (Wildman–Crippen MR) is 259 cm³/mol. The fraction of sp³-hybridized carbons (Fsp3) is 0.0172. The third-order valence-corrected chi connectivity index (χ3v) is 15.4. The van der Waals surface area contributed by atoms with E-state index >= 15 is 0 Å². The number of thiophene rings is 1. The van der Waals surface area contributed by atoms with E-state index in [4.69, 9.17) is 9.40 Å². The smallest absolute Gasteiger partial charge is 0.214 e. The van der Waals surface area contributed by atoms with Crippen molar-refractivity contribution < 1.29 is 4.42 Å². The van der Waals surface area contributed by atoms with E-state index in [2.05, 4.69) is 199 Å². The fourth-order valence-corrected chi connectivity index (χ4v) is 13.0. The van der Waals surface area contributed by atoms with Crippen molar-refractivity contribution in [3.05, 3.63) is 216 Å². The Kier molecular flexibility index (Phi) is 6.24. The van der Waals surface area contributed by atoms with Crippen molar-refractivity contribution in [2.75, 3.05) is 0 Å². The predicted octanol–water partition coefficient (Wildman–Crippen LogP) is 15.3. The molecule has 0 fully saturated rings. The highest BCUT2D eigenvalue weighted by Crippen LogP contribution is 2.64. The molecule has 9 aromatic carbocycles. The Morgan fingerprint density at radius 1 is 0.452 bits per heavy atom. The first-order valence-corrected chi connectivity index (χ1v) is 22.2. The van der Waals surface area contributed by atoms with E-state index in [-0.39, 0.29) is 0 Å². The molecule has 1 spiro atoms. The van der Waals surface area contributed by atoms with Crippen LogP contribution in [0.1, 0.15) is 22.3 Å². The third kappa shape index (κ3) is 3.95. The van der Waals surface area contributed by atoms with Gasteiger partial charge < -0.3 is 4.42 Å². The van der Waals surface area contributed by atoms with Crippen LogP contribution in [0.3, 0.4) is 0 Å². The lowest BCUT2D eigenvalue weighted by Gasteiger charge is -2.30. The molecule has 13 aromatic rings. The average Bonchev–Trinajstić information content (AvgIpc) is 4.12. The van der Waals surface area contributed by atoms with Gasteiger partial charge in [0.15, 0.2) is 9.40 Å². The maximum Gasteiger partial charge on any atom is 0.214 e. The Labute approximate surface area is 359 Å². The van der Waals surface area contributed by atoms with Crippen LogP contribution < -0.4 is 0 Å². The Morgan fingerprint density at radius 3 is 1.87 bits per heavy atom. The second-order valence-electron chi connectivity index (χ2n) is 16.9. The van der Waals surface area contributed by atoms with Crippen LogP contribution in [-0.4, -0.2) is 9.55 Å². The van der Waals surface area contributed by atoms with Crippen LogP contribution in [0, 0.1) is 0 Å². The van der Waals surface area contributed by atoms with Crippen molar-refractivity contribution in [3.8, 4) is 39.2 Å². The van der Waals surface area contributed by atoms with E-state index in [9.17, 15) is 0 Å². The summed E-state index contributed by atoms with van der Waals surface area (Å²) >= 11 is 1.23. The molecule has 0 N–H and O–H groups in total. The number of hydrogen-bond donors (Lipinski definition) is 0. The zero-order valence-electron chi connectivity index (χ0n) is 33.2. The Hall–Kier alpha value is -7.79. The van der Waals surface area contributed by atoms with Crippen LogP contribution in [-0.2, 0) is 5.41 Å². The maximum absolute atomic E-state index is 6.78. The van der Waals surface area contributed by atoms with Crippen molar-refractivity contribution >= 4 is 86.2 Å². The number of para-hydroxylation sites is 2. The van der Waals surface area contributed by atoms with Crippen LogP contribution in [0.25, 0.3) is 114 Å². The van der Waals surface area contributed by atoms with E-state index in [1.54, 1.807) is 0 Å². The first kappa shape index (κ1) is 33.0. The van der Waals surface area contributed by atoms with E-state index in [0.29, 0.717) is 0 Å². The largest absolute Gasteiger partial charge is 0.439 e. The summed E-state index contributed by atoms with van der Waals surface area (Å²) in [6.07, 6.45) is 0. The van der Waals surface area contributed by atoms with E-state index in [1.165, 1.54) is 97.6 Å². The SMILES string of the molecule is c1ccc2c(c1)-c1ccccc1C21c2ccccc2-c2c1ccc1c(-c3ccc(-n4c5ccc6c7ccccc7[sH+]c6c5c5c6ccccc6oc54)cc3)nc3ccccc3c21. The number of pyridine rings is 1. The number of benzene rings is 9. The molecule has 2 aliphatic carbocycles. The van der Waals surface area contributed by atoms with Crippen LogP contribution in [0.4, 0.5) is 0 Å². The maximum atomic E-state index is 6.78. The average molecular weight is 806 g/mol. The fourth-order valence-electron chi connectivity index (χ4n) is 11.7. The molecule has 62 heavy (non-hydrogen) atoms. The molecule has 0 radical (unpaired) electrons. The van der Waals surface area contributed by atoms with Gasteiger partial charge in [0.1, 0.15) is 5.58 Å². The number of rotatable bonds is 2. The van der Waals surface area contributed by atoms with Gasteiger partial charge in [0.05, 0.1) is 32.9 Å². The summed E-state index contributed by atoms with van der Waals surface area (Å²) in [4.78, 5) is 5.47. The van der Waals surface area contributed by atoms with Crippen LogP contribution in [0.15, 0.2) is 199 Å². The molecule has 0 aliphatic heterocycles. The van der Waals surface area contributed by atoms with Gasteiger partial charge in [-0.2, -0.15) is 0 Å². The highest BCUT2D eigenvalue weighted by Gasteiger charge is 2.52. The summed E-state index contributed by atoms with van der Waals surface area (Å²) < 4.78 is 11.8. The van der Waals surface area contributed by atoms with E-state index < -0.39 is 5.41 Å². The molecule has 0 atom stereocenters. The first-order chi connectivity index (χ1) is 30.8. The lowest BCUT2D eigenvalue weighted by atomic mass is 9.70. The zero-order valence-corrected chi connectivity index (χ0v) is 34.1. The monoisotopic (exact) mass is 805 g/mol. The van der Waals surface area contributed by atoms with Gasteiger partial charge >= 0.3 is 0 Å². The van der Waals surface area contributed by atoms with E-state index in [1.807, 2.05) is 0 Å². The third-order valence-electron chi connectivity index (χ3n) is 14.1. The molecule has 4 heterocycles. The number of fused-ring (bicyclic) bond motifs is 23. The summed E-state index contributed by atoms with van der Waals surface area (Å²) in [6.45, 7) is 0. The van der Waals surface area contributed by atoms with Gasteiger partial charge in [-0.05, 0) is 104 Å². The van der Waals surface area contributed by atoms with Crippen LogP contribution in [0.2, 0.25) is 0 Å². The lowest BCUT2D eigenvalue weighted by molar-refractivity contribution is 0.645. The molecular formula is C58H33N2OS+. The Morgan fingerprint density at radius 2 is 1.08 bits per heavy atom. The van der Waals surface area contributed by atoms with Crippen molar-refractivity contribution in [1.82, 2.24) is 9.55 Å². The molecule has 2 aliphatic rings. The molecule has 4 heteroatoms. The number of furan rings is 1. The second kappa shape index (κ2) is 11.7. The highest BCUT2D eigenvalue weighted by atomic mass is 32.1. The molecule has 0 bridgehead atoms. The topological polar surface area (TPSA) is 31.0 Å². The molecule has 4 aromatic heterocycles. The summed E-state index contributed by atoms with van der Waals surface area (Å²) in [5.41, 5.74) is 17.3. The zero-order chi connectivity index (χ0) is 40.3. The molecule has 3 nitrogen and oxygen atoms in total. The normalized spacial score (nSPS) is 13.6. The Balaban J connectivity index is 0.977. The molecular weight excluding hydrogens is 773 g/mol. The van der Waals surface area contributed by atoms with Gasteiger partial charge in [0.2, 0.25) is 5.71 Å². The molecule has 15 rings (SSSR count). The van der Waals surface area contributed by atoms with Gasteiger partial charge in [0, 0.05) is 43.6 Å². The molecule has 286 valence electrons. The summed E-state index contributed by atoms with van der Waals surface area (Å²) in [5.74, 6) is 0. The summed E-state index contributed by atoms with van der Waals surface area (Å²) in [6, 6.07) is 71.5. The van der Waals surface area contributed by atoms with Crippen LogP contribution in [0.5, 0.6) is 0 Å². The van der Waals surface area contributed by atoms with Gasteiger partial charge in [-0.15, -0.1) is 0 Å². The van der Waals surface area contributed by atoms with Gasteiger partial charge in [-0.3, -0.25) is 4.57 Å². The number of nitrogens with zero attached hydrogens (tertiary/aromatic N) is 2. The van der Waals surface area contributed by atoms with E-state index in [0.717, 1.165) is 50.0 Å². The van der Waals surface area contributed by atoms with Crippen molar-refractivity contribution in [2.45, 2.75) is 5.41 Å². The van der Waals surface area contributed by atoms with Crippen molar-refractivity contribution in [2.24, 2.45) is 0 Å². The van der Waals surface area contributed by atoms with Gasteiger partial charge in [0.25, 0.3) is 0 Å². The standard InChI is InChI=1S/C58H32N2OS/c1-7-19-43-35(13-1)36-14-2-8-20-44(36)58(43)45-21-9-3-16-39(45)52-46(58)31-29-42-51(52)40-17-4-10-22-47(40)59-55(42)33-25-27-34(28-26-33)60-48-32-30-38-37-15-6-12-24-50(37)62-56(38)54(48)53-41-18-5-11-23-49(41)61-57(53)60/h1-32H/p+1. The minimum atomic E-state index is -0.413.